The zero-order chi connectivity index (χ0) is 21.8. The Balaban J connectivity index is 1.57. The summed E-state index contributed by atoms with van der Waals surface area (Å²) in [5.41, 5.74) is 6.49. The fourth-order valence-electron chi connectivity index (χ4n) is 3.47. The number of hydrogen-bond donors (Lipinski definition) is 1. The van der Waals surface area contributed by atoms with Crippen molar-refractivity contribution in [3.63, 3.8) is 0 Å². The second-order valence-electron chi connectivity index (χ2n) is 7.98. The maximum absolute atomic E-state index is 9.71. The smallest absolute Gasteiger partial charge is 0.136 e. The molecule has 0 unspecified atom stereocenters. The minimum atomic E-state index is 0.498. The molecule has 0 aliphatic rings. The summed E-state index contributed by atoms with van der Waals surface area (Å²) in [6.45, 7) is 6.42. The predicted molar refractivity (Wildman–Crippen MR) is 130 cm³/mol. The minimum Gasteiger partial charge on any atom is -0.359 e. The fourth-order valence-corrected chi connectivity index (χ4v) is 4.26. The highest BCUT2D eigenvalue weighted by molar-refractivity contribution is 7.11. The average molecular weight is 425 g/mol. The molecule has 0 amide bonds. The predicted octanol–water partition coefficient (Wildman–Crippen LogP) is 6.84. The third-order valence-electron chi connectivity index (χ3n) is 4.98. The van der Waals surface area contributed by atoms with E-state index in [0.29, 0.717) is 16.5 Å². The number of benzene rings is 2. The monoisotopic (exact) mass is 424 g/mol. The molecule has 0 spiro atoms. The van der Waals surface area contributed by atoms with Crippen LogP contribution in [0, 0.1) is 24.2 Å². The van der Waals surface area contributed by atoms with Gasteiger partial charge in [-0.15, -0.1) is 11.3 Å². The molecular formula is C26H24N4S. The van der Waals surface area contributed by atoms with Gasteiger partial charge in [-0.1, -0.05) is 56.3 Å². The maximum atomic E-state index is 9.71. The van der Waals surface area contributed by atoms with Crippen LogP contribution in [0.1, 0.15) is 30.1 Å². The van der Waals surface area contributed by atoms with E-state index < -0.39 is 0 Å². The molecule has 0 radical (unpaired) electrons. The van der Waals surface area contributed by atoms with Crippen LogP contribution in [-0.2, 0) is 6.42 Å². The third kappa shape index (κ3) is 4.82. The molecule has 0 atom stereocenters. The van der Waals surface area contributed by atoms with Gasteiger partial charge >= 0.3 is 0 Å². The lowest BCUT2D eigenvalue weighted by Gasteiger charge is -2.06. The van der Waals surface area contributed by atoms with Gasteiger partial charge in [0.25, 0.3) is 0 Å². The van der Waals surface area contributed by atoms with Crippen LogP contribution in [0.3, 0.4) is 0 Å². The van der Waals surface area contributed by atoms with Crippen molar-refractivity contribution < 1.29 is 0 Å². The molecule has 4 rings (SSSR count). The standard InChI is InChI=1S/C26H24N4S/c1-17(2)13-19-8-11-20(12-9-19)24-16-31-26(30-24)22(14-27)15-28-23-6-4-5-21-10-7-18(3)29-25(21)23/h4-12,15-17,28H,13H2,1-3H3. The van der Waals surface area contributed by atoms with Gasteiger partial charge in [0, 0.05) is 28.2 Å². The SMILES string of the molecule is Cc1ccc2cccc(NC=C(C#N)c3nc(-c4ccc(CC(C)C)cc4)cs3)c2n1. The molecule has 0 saturated carbocycles. The van der Waals surface area contributed by atoms with E-state index in [9.17, 15) is 5.26 Å². The quantitative estimate of drug-likeness (QED) is 0.344. The number of allylic oxidation sites excluding steroid dienone is 1. The number of pyridine rings is 1. The largest absolute Gasteiger partial charge is 0.359 e. The van der Waals surface area contributed by atoms with E-state index in [1.54, 1.807) is 6.20 Å². The number of anilines is 1. The first kappa shape index (κ1) is 20.8. The van der Waals surface area contributed by atoms with Crippen LogP contribution in [0.25, 0.3) is 27.7 Å². The van der Waals surface area contributed by atoms with Gasteiger partial charge in [0.2, 0.25) is 0 Å². The lowest BCUT2D eigenvalue weighted by Crippen LogP contribution is -1.94. The molecule has 2 aromatic heterocycles. The number of thiazole rings is 1. The number of aryl methyl sites for hydroxylation is 1. The molecule has 4 aromatic rings. The lowest BCUT2D eigenvalue weighted by molar-refractivity contribution is 0.647. The van der Waals surface area contributed by atoms with Crippen LogP contribution in [0.2, 0.25) is 0 Å². The van der Waals surface area contributed by atoms with Gasteiger partial charge in [0.1, 0.15) is 16.6 Å². The summed E-state index contributed by atoms with van der Waals surface area (Å²) in [4.78, 5) is 9.34. The summed E-state index contributed by atoms with van der Waals surface area (Å²) < 4.78 is 0. The Morgan fingerprint density at radius 3 is 2.65 bits per heavy atom. The first-order valence-corrected chi connectivity index (χ1v) is 11.2. The molecule has 0 bridgehead atoms. The Labute approximate surface area is 186 Å². The Bertz CT molecular complexity index is 1280. The van der Waals surface area contributed by atoms with Crippen LogP contribution in [0.15, 0.2) is 66.2 Å². The van der Waals surface area contributed by atoms with Crippen molar-refractivity contribution in [3.8, 4) is 17.3 Å². The summed E-state index contributed by atoms with van der Waals surface area (Å²) in [6.07, 6.45) is 2.78. The van der Waals surface area contributed by atoms with Crippen molar-refractivity contribution in [1.29, 1.82) is 5.26 Å². The summed E-state index contributed by atoms with van der Waals surface area (Å²) >= 11 is 1.48. The molecule has 31 heavy (non-hydrogen) atoms. The lowest BCUT2D eigenvalue weighted by atomic mass is 10.0. The highest BCUT2D eigenvalue weighted by Gasteiger charge is 2.10. The third-order valence-corrected chi connectivity index (χ3v) is 5.86. The van der Waals surface area contributed by atoms with Crippen LogP contribution in [0.4, 0.5) is 5.69 Å². The van der Waals surface area contributed by atoms with Gasteiger partial charge in [-0.2, -0.15) is 5.26 Å². The molecule has 5 heteroatoms. The Morgan fingerprint density at radius 2 is 1.90 bits per heavy atom. The second kappa shape index (κ2) is 9.11. The number of hydrogen-bond acceptors (Lipinski definition) is 5. The fraction of sp³-hybridized carbons (Fsp3) is 0.192. The van der Waals surface area contributed by atoms with Crippen molar-refractivity contribution in [1.82, 2.24) is 9.97 Å². The van der Waals surface area contributed by atoms with Gasteiger partial charge in [-0.3, -0.25) is 4.98 Å². The van der Waals surface area contributed by atoms with E-state index in [2.05, 4.69) is 60.5 Å². The van der Waals surface area contributed by atoms with Crippen molar-refractivity contribution in [2.45, 2.75) is 27.2 Å². The minimum absolute atomic E-state index is 0.498. The van der Waals surface area contributed by atoms with Crippen molar-refractivity contribution >= 4 is 33.5 Å². The van der Waals surface area contributed by atoms with Crippen molar-refractivity contribution in [2.24, 2.45) is 5.92 Å². The first-order chi connectivity index (χ1) is 15.0. The number of fused-ring (bicyclic) bond motifs is 1. The summed E-state index contributed by atoms with van der Waals surface area (Å²) in [5.74, 6) is 0.633. The van der Waals surface area contributed by atoms with E-state index in [1.807, 2.05) is 36.6 Å². The molecule has 2 aromatic carbocycles. The number of aromatic nitrogens is 2. The van der Waals surface area contributed by atoms with E-state index in [-0.39, 0.29) is 0 Å². The van der Waals surface area contributed by atoms with E-state index in [4.69, 9.17) is 4.98 Å². The highest BCUT2D eigenvalue weighted by atomic mass is 32.1. The Kier molecular flexibility index (Phi) is 6.11. The van der Waals surface area contributed by atoms with Gasteiger partial charge < -0.3 is 5.32 Å². The Morgan fingerprint density at radius 1 is 1.10 bits per heavy atom. The van der Waals surface area contributed by atoms with Crippen LogP contribution in [0.5, 0.6) is 0 Å². The number of nitrogens with one attached hydrogen (secondary N) is 1. The first-order valence-electron chi connectivity index (χ1n) is 10.3. The van der Waals surface area contributed by atoms with Crippen LogP contribution < -0.4 is 5.32 Å². The second-order valence-corrected chi connectivity index (χ2v) is 8.83. The maximum Gasteiger partial charge on any atom is 0.136 e. The van der Waals surface area contributed by atoms with Crippen LogP contribution >= 0.6 is 11.3 Å². The van der Waals surface area contributed by atoms with E-state index in [0.717, 1.165) is 40.0 Å². The molecular weight excluding hydrogens is 400 g/mol. The molecule has 2 heterocycles. The summed E-state index contributed by atoms with van der Waals surface area (Å²) in [6, 6.07) is 20.8. The van der Waals surface area contributed by atoms with Gasteiger partial charge in [0.05, 0.1) is 16.9 Å². The zero-order valence-electron chi connectivity index (χ0n) is 17.9. The number of para-hydroxylation sites is 1. The number of nitrogens with zero attached hydrogens (tertiary/aromatic N) is 3. The zero-order valence-corrected chi connectivity index (χ0v) is 18.7. The van der Waals surface area contributed by atoms with Gasteiger partial charge in [0.15, 0.2) is 0 Å². The van der Waals surface area contributed by atoms with E-state index in [1.165, 1.54) is 16.9 Å². The molecule has 0 aliphatic heterocycles. The van der Waals surface area contributed by atoms with Crippen molar-refractivity contribution in [2.75, 3.05) is 5.32 Å². The van der Waals surface area contributed by atoms with Gasteiger partial charge in [-0.05, 0) is 37.0 Å². The van der Waals surface area contributed by atoms with E-state index >= 15 is 0 Å². The van der Waals surface area contributed by atoms with Crippen molar-refractivity contribution in [3.05, 3.63) is 82.4 Å². The molecule has 0 aliphatic carbocycles. The van der Waals surface area contributed by atoms with Gasteiger partial charge in [-0.25, -0.2) is 4.98 Å². The Hall–Kier alpha value is -3.49. The topological polar surface area (TPSA) is 61.6 Å². The molecule has 0 fully saturated rings. The normalized spacial score (nSPS) is 11.6. The molecule has 4 nitrogen and oxygen atoms in total. The molecule has 1 N–H and O–H groups in total. The summed E-state index contributed by atoms with van der Waals surface area (Å²) in [5, 5.41) is 16.7. The number of rotatable bonds is 6. The number of nitriles is 1. The molecule has 154 valence electrons. The highest BCUT2D eigenvalue weighted by Crippen LogP contribution is 2.27. The average Bonchev–Trinajstić information content (AvgIpc) is 3.24. The molecule has 0 saturated heterocycles. The van der Waals surface area contributed by atoms with Crippen LogP contribution in [-0.4, -0.2) is 9.97 Å². The summed E-state index contributed by atoms with van der Waals surface area (Å²) in [7, 11) is 0.